The van der Waals surface area contributed by atoms with E-state index in [2.05, 4.69) is 10.3 Å². The lowest BCUT2D eigenvalue weighted by atomic mass is 10.2. The summed E-state index contributed by atoms with van der Waals surface area (Å²) in [6, 6.07) is 7.11. The molecule has 6 nitrogen and oxygen atoms in total. The van der Waals surface area contributed by atoms with E-state index in [0.29, 0.717) is 35.2 Å². The van der Waals surface area contributed by atoms with Crippen LogP contribution < -0.4 is 16.0 Å². The van der Waals surface area contributed by atoms with Crippen LogP contribution in [-0.4, -0.2) is 23.3 Å². The number of nitrogens with one attached hydrogen (secondary N) is 1. The summed E-state index contributed by atoms with van der Waals surface area (Å²) in [5.74, 6) is -0.0788. The van der Waals surface area contributed by atoms with Crippen LogP contribution in [0.2, 0.25) is 0 Å². The van der Waals surface area contributed by atoms with Crippen molar-refractivity contribution >= 4 is 39.7 Å². The van der Waals surface area contributed by atoms with Gasteiger partial charge in [-0.15, -0.1) is 11.3 Å². The molecule has 114 valence electrons. The van der Waals surface area contributed by atoms with Crippen molar-refractivity contribution in [2.75, 3.05) is 22.5 Å². The summed E-state index contributed by atoms with van der Waals surface area (Å²) >= 11 is 1.39. The lowest BCUT2D eigenvalue weighted by molar-refractivity contribution is -0.117. The van der Waals surface area contributed by atoms with Crippen molar-refractivity contribution in [2.24, 2.45) is 0 Å². The highest BCUT2D eigenvalue weighted by Gasteiger charge is 2.24. The minimum Gasteiger partial charge on any atom is -0.397 e. The van der Waals surface area contributed by atoms with E-state index in [4.69, 9.17) is 5.73 Å². The predicted molar refractivity (Wildman–Crippen MR) is 86.9 cm³/mol. The number of nitrogens with two attached hydrogens (primary N) is 1. The summed E-state index contributed by atoms with van der Waals surface area (Å²) < 4.78 is 0. The Morgan fingerprint density at radius 3 is 2.95 bits per heavy atom. The number of para-hydroxylation sites is 2. The zero-order chi connectivity index (χ0) is 15.5. The molecule has 2 amide bonds. The van der Waals surface area contributed by atoms with Crippen LogP contribution in [-0.2, 0) is 16.0 Å². The third-order valence-corrected chi connectivity index (χ3v) is 4.33. The van der Waals surface area contributed by atoms with Crippen LogP contribution in [0.25, 0.3) is 0 Å². The van der Waals surface area contributed by atoms with Gasteiger partial charge in [0.2, 0.25) is 11.8 Å². The summed E-state index contributed by atoms with van der Waals surface area (Å²) in [6.45, 7) is 0.707. The normalized spacial score (nSPS) is 14.4. The van der Waals surface area contributed by atoms with Crippen LogP contribution >= 0.6 is 11.3 Å². The van der Waals surface area contributed by atoms with Gasteiger partial charge in [-0.25, -0.2) is 4.98 Å². The van der Waals surface area contributed by atoms with Crippen molar-refractivity contribution in [3.63, 3.8) is 0 Å². The molecule has 1 aromatic carbocycles. The number of aromatic nitrogens is 1. The van der Waals surface area contributed by atoms with E-state index in [1.807, 2.05) is 17.5 Å². The molecule has 7 heteroatoms. The highest BCUT2D eigenvalue weighted by Crippen LogP contribution is 2.25. The van der Waals surface area contributed by atoms with Crippen molar-refractivity contribution in [1.82, 2.24) is 4.98 Å². The van der Waals surface area contributed by atoms with Crippen LogP contribution in [0.15, 0.2) is 29.6 Å². The highest BCUT2D eigenvalue weighted by atomic mass is 32.1. The molecular formula is C15H16N4O2S. The molecule has 0 spiro atoms. The van der Waals surface area contributed by atoms with E-state index >= 15 is 0 Å². The van der Waals surface area contributed by atoms with Crippen LogP contribution in [0.1, 0.15) is 18.5 Å². The smallest absolute Gasteiger partial charge is 0.230 e. The fraction of sp³-hybridized carbons (Fsp3) is 0.267. The van der Waals surface area contributed by atoms with Gasteiger partial charge in [0.15, 0.2) is 5.13 Å². The molecule has 2 aromatic rings. The quantitative estimate of drug-likeness (QED) is 0.845. The van der Waals surface area contributed by atoms with E-state index in [0.717, 1.165) is 6.42 Å². The number of nitrogens with zero attached hydrogens (tertiary/aromatic N) is 2. The number of thiazole rings is 1. The molecule has 22 heavy (non-hydrogen) atoms. The highest BCUT2D eigenvalue weighted by molar-refractivity contribution is 7.14. The molecule has 1 aliphatic heterocycles. The predicted octanol–water partition coefficient (Wildman–Crippen LogP) is 2.03. The molecule has 0 saturated carbocycles. The number of nitrogen functional groups attached to an aromatic ring is 1. The third-order valence-electron chi connectivity index (χ3n) is 3.42. The lowest BCUT2D eigenvalue weighted by Gasteiger charge is -2.10. The first-order valence-corrected chi connectivity index (χ1v) is 7.90. The molecule has 1 aliphatic rings. The molecule has 0 aliphatic carbocycles. The van der Waals surface area contributed by atoms with Crippen LogP contribution in [0.5, 0.6) is 0 Å². The van der Waals surface area contributed by atoms with Gasteiger partial charge in [0, 0.05) is 18.3 Å². The average molecular weight is 316 g/mol. The third kappa shape index (κ3) is 3.09. The minimum atomic E-state index is -0.178. The SMILES string of the molecule is Nc1ccccc1NC(=O)Cc1csc(N2CCCC2=O)n1. The van der Waals surface area contributed by atoms with Gasteiger partial charge < -0.3 is 11.1 Å². The monoisotopic (exact) mass is 316 g/mol. The number of carbonyl (C=O) groups is 2. The van der Waals surface area contributed by atoms with Crippen molar-refractivity contribution in [3.05, 3.63) is 35.3 Å². The first-order chi connectivity index (χ1) is 10.6. The van der Waals surface area contributed by atoms with Gasteiger partial charge in [-0.2, -0.15) is 0 Å². The second-order valence-electron chi connectivity index (χ2n) is 5.08. The van der Waals surface area contributed by atoms with Crippen molar-refractivity contribution < 1.29 is 9.59 Å². The van der Waals surface area contributed by atoms with E-state index in [9.17, 15) is 9.59 Å². The summed E-state index contributed by atoms with van der Waals surface area (Å²) in [5.41, 5.74) is 7.57. The number of anilines is 3. The van der Waals surface area contributed by atoms with Gasteiger partial charge in [-0.3, -0.25) is 14.5 Å². The molecular weight excluding hydrogens is 300 g/mol. The second-order valence-corrected chi connectivity index (χ2v) is 5.92. The maximum Gasteiger partial charge on any atom is 0.230 e. The Hall–Kier alpha value is -2.41. The number of rotatable bonds is 4. The molecule has 3 rings (SSSR count). The molecule has 3 N–H and O–H groups in total. The molecule has 0 unspecified atom stereocenters. The first-order valence-electron chi connectivity index (χ1n) is 7.02. The Morgan fingerprint density at radius 2 is 2.23 bits per heavy atom. The minimum absolute atomic E-state index is 0.0995. The fourth-order valence-electron chi connectivity index (χ4n) is 2.32. The Labute approximate surface area is 132 Å². The zero-order valence-corrected chi connectivity index (χ0v) is 12.7. The molecule has 1 aromatic heterocycles. The maximum absolute atomic E-state index is 12.0. The van der Waals surface area contributed by atoms with Crippen LogP contribution in [0.3, 0.4) is 0 Å². The maximum atomic E-state index is 12.0. The number of hydrogen-bond acceptors (Lipinski definition) is 5. The molecule has 0 bridgehead atoms. The molecule has 1 saturated heterocycles. The largest absolute Gasteiger partial charge is 0.397 e. The summed E-state index contributed by atoms with van der Waals surface area (Å²) in [7, 11) is 0. The lowest BCUT2D eigenvalue weighted by Crippen LogP contribution is -2.23. The fourth-order valence-corrected chi connectivity index (χ4v) is 3.19. The Morgan fingerprint density at radius 1 is 1.41 bits per heavy atom. The number of carbonyl (C=O) groups excluding carboxylic acids is 2. The molecule has 0 atom stereocenters. The molecule has 1 fully saturated rings. The van der Waals surface area contributed by atoms with Gasteiger partial charge in [-0.1, -0.05) is 12.1 Å². The van der Waals surface area contributed by atoms with Crippen LogP contribution in [0.4, 0.5) is 16.5 Å². The zero-order valence-electron chi connectivity index (χ0n) is 11.9. The van der Waals surface area contributed by atoms with Crippen molar-refractivity contribution in [1.29, 1.82) is 0 Å². The van der Waals surface area contributed by atoms with Gasteiger partial charge in [0.1, 0.15) is 0 Å². The molecule has 0 radical (unpaired) electrons. The van der Waals surface area contributed by atoms with Crippen molar-refractivity contribution in [2.45, 2.75) is 19.3 Å². The van der Waals surface area contributed by atoms with E-state index in [-0.39, 0.29) is 18.2 Å². The Bertz CT molecular complexity index is 713. The van der Waals surface area contributed by atoms with Crippen LogP contribution in [0, 0.1) is 0 Å². The van der Waals surface area contributed by atoms with Gasteiger partial charge >= 0.3 is 0 Å². The average Bonchev–Trinajstić information content (AvgIpc) is 3.10. The van der Waals surface area contributed by atoms with E-state index < -0.39 is 0 Å². The topological polar surface area (TPSA) is 88.3 Å². The first kappa shape index (κ1) is 14.5. The van der Waals surface area contributed by atoms with Gasteiger partial charge in [0.05, 0.1) is 23.5 Å². The standard InChI is InChI=1S/C15H16N4O2S/c16-11-4-1-2-5-12(11)18-13(20)8-10-9-22-15(17-10)19-7-3-6-14(19)21/h1-2,4-5,9H,3,6-8,16H2,(H,18,20). The second kappa shape index (κ2) is 6.15. The number of hydrogen-bond donors (Lipinski definition) is 2. The number of amides is 2. The molecule has 2 heterocycles. The van der Waals surface area contributed by atoms with E-state index in [1.54, 1.807) is 17.0 Å². The van der Waals surface area contributed by atoms with Crippen molar-refractivity contribution in [3.8, 4) is 0 Å². The number of benzene rings is 1. The summed E-state index contributed by atoms with van der Waals surface area (Å²) in [4.78, 5) is 29.8. The Kier molecular flexibility index (Phi) is 4.06. The van der Waals surface area contributed by atoms with Gasteiger partial charge in [-0.05, 0) is 18.6 Å². The summed E-state index contributed by atoms with van der Waals surface area (Å²) in [5, 5.41) is 5.25. The van der Waals surface area contributed by atoms with Gasteiger partial charge in [0.25, 0.3) is 0 Å². The summed E-state index contributed by atoms with van der Waals surface area (Å²) in [6.07, 6.45) is 1.59. The van der Waals surface area contributed by atoms with E-state index in [1.165, 1.54) is 11.3 Å². The Balaban J connectivity index is 1.64.